The Morgan fingerprint density at radius 3 is 2.60 bits per heavy atom. The van der Waals surface area contributed by atoms with Crippen LogP contribution in [0.2, 0.25) is 0 Å². The van der Waals surface area contributed by atoms with Gasteiger partial charge >= 0.3 is 5.97 Å². The quantitative estimate of drug-likeness (QED) is 0.794. The van der Waals surface area contributed by atoms with E-state index in [1.165, 1.54) is 0 Å². The number of hydrogen-bond acceptors (Lipinski definition) is 3. The highest BCUT2D eigenvalue weighted by atomic mass is 16.4. The Balaban J connectivity index is 2.78. The number of carbonyl (C=O) groups is 1. The van der Waals surface area contributed by atoms with Crippen molar-refractivity contribution in [2.75, 3.05) is 13.1 Å². The molecule has 1 N–H and O–H groups in total. The summed E-state index contributed by atoms with van der Waals surface area (Å²) in [6.07, 6.45) is 1.57. The molecule has 1 atom stereocenters. The van der Waals surface area contributed by atoms with Gasteiger partial charge in [0.05, 0.1) is 11.1 Å². The van der Waals surface area contributed by atoms with Crippen molar-refractivity contribution in [3.63, 3.8) is 0 Å². The van der Waals surface area contributed by atoms with Crippen LogP contribution in [0.5, 0.6) is 0 Å². The fourth-order valence-electron chi connectivity index (χ4n) is 2.50. The van der Waals surface area contributed by atoms with E-state index in [0.29, 0.717) is 19.5 Å². The molecule has 0 amide bonds. The SMILES string of the molecule is CCCC(C)(CN(CC)Cc1cccc(C)n1)C(=O)O. The minimum Gasteiger partial charge on any atom is -0.481 e. The van der Waals surface area contributed by atoms with Crippen molar-refractivity contribution in [3.05, 3.63) is 29.6 Å². The molecule has 1 rings (SSSR count). The molecular weight excluding hydrogens is 252 g/mol. The van der Waals surface area contributed by atoms with Crippen LogP contribution in [0.15, 0.2) is 18.2 Å². The number of aryl methyl sites for hydroxylation is 1. The maximum Gasteiger partial charge on any atom is 0.310 e. The van der Waals surface area contributed by atoms with Crippen LogP contribution >= 0.6 is 0 Å². The number of aromatic nitrogens is 1. The van der Waals surface area contributed by atoms with Gasteiger partial charge in [-0.25, -0.2) is 0 Å². The zero-order chi connectivity index (χ0) is 15.2. The second kappa shape index (κ2) is 7.39. The van der Waals surface area contributed by atoms with Crippen molar-refractivity contribution in [3.8, 4) is 0 Å². The second-order valence-corrected chi connectivity index (χ2v) is 5.69. The third-order valence-electron chi connectivity index (χ3n) is 3.67. The van der Waals surface area contributed by atoms with Crippen LogP contribution in [0.3, 0.4) is 0 Å². The van der Waals surface area contributed by atoms with Crippen LogP contribution in [0.25, 0.3) is 0 Å². The Labute approximate surface area is 121 Å². The van der Waals surface area contributed by atoms with E-state index in [4.69, 9.17) is 0 Å². The van der Waals surface area contributed by atoms with Crippen molar-refractivity contribution in [2.45, 2.75) is 47.1 Å². The van der Waals surface area contributed by atoms with Crippen LogP contribution in [0.4, 0.5) is 0 Å². The van der Waals surface area contributed by atoms with Crippen LogP contribution in [0.1, 0.15) is 45.0 Å². The van der Waals surface area contributed by atoms with Gasteiger partial charge in [-0.05, 0) is 38.9 Å². The lowest BCUT2D eigenvalue weighted by molar-refractivity contribution is -0.149. The van der Waals surface area contributed by atoms with Gasteiger partial charge < -0.3 is 5.11 Å². The Morgan fingerprint density at radius 1 is 1.40 bits per heavy atom. The van der Waals surface area contributed by atoms with Crippen molar-refractivity contribution >= 4 is 5.97 Å². The van der Waals surface area contributed by atoms with Crippen LogP contribution < -0.4 is 0 Å². The number of nitrogens with zero attached hydrogens (tertiary/aromatic N) is 2. The Hall–Kier alpha value is -1.42. The normalized spacial score (nSPS) is 14.2. The second-order valence-electron chi connectivity index (χ2n) is 5.69. The molecule has 0 saturated heterocycles. The van der Waals surface area contributed by atoms with Gasteiger partial charge in [0.2, 0.25) is 0 Å². The molecule has 0 fully saturated rings. The van der Waals surface area contributed by atoms with Crippen molar-refractivity contribution < 1.29 is 9.90 Å². The predicted octanol–water partition coefficient (Wildman–Crippen LogP) is 3.10. The molecule has 0 bridgehead atoms. The molecule has 112 valence electrons. The molecular formula is C16H26N2O2. The highest BCUT2D eigenvalue weighted by molar-refractivity contribution is 5.74. The molecule has 1 aromatic heterocycles. The van der Waals surface area contributed by atoms with E-state index < -0.39 is 11.4 Å². The standard InChI is InChI=1S/C16H26N2O2/c1-5-10-16(4,15(19)20)12-18(6-2)11-14-9-7-8-13(3)17-14/h7-9H,5-6,10-12H2,1-4H3,(H,19,20). The van der Waals surface area contributed by atoms with Gasteiger partial charge in [0.25, 0.3) is 0 Å². The van der Waals surface area contributed by atoms with Crippen LogP contribution in [-0.4, -0.2) is 34.0 Å². The summed E-state index contributed by atoms with van der Waals surface area (Å²) in [5.41, 5.74) is 1.30. The molecule has 0 saturated carbocycles. The first-order valence-corrected chi connectivity index (χ1v) is 7.29. The summed E-state index contributed by atoms with van der Waals surface area (Å²) in [5, 5.41) is 9.48. The summed E-state index contributed by atoms with van der Waals surface area (Å²) in [6, 6.07) is 5.96. The van der Waals surface area contributed by atoms with E-state index in [9.17, 15) is 9.90 Å². The van der Waals surface area contributed by atoms with Crippen molar-refractivity contribution in [2.24, 2.45) is 5.41 Å². The van der Waals surface area contributed by atoms with E-state index >= 15 is 0 Å². The molecule has 1 unspecified atom stereocenters. The summed E-state index contributed by atoms with van der Waals surface area (Å²) in [4.78, 5) is 18.2. The topological polar surface area (TPSA) is 53.4 Å². The van der Waals surface area contributed by atoms with Gasteiger partial charge in [0.15, 0.2) is 0 Å². The number of carboxylic acid groups (broad SMARTS) is 1. The molecule has 1 heterocycles. The average molecular weight is 278 g/mol. The lowest BCUT2D eigenvalue weighted by Gasteiger charge is -2.31. The predicted molar refractivity (Wildman–Crippen MR) is 80.6 cm³/mol. The van der Waals surface area contributed by atoms with Crippen molar-refractivity contribution in [1.82, 2.24) is 9.88 Å². The molecule has 4 heteroatoms. The van der Waals surface area contributed by atoms with Gasteiger partial charge in [0, 0.05) is 18.8 Å². The fraction of sp³-hybridized carbons (Fsp3) is 0.625. The van der Waals surface area contributed by atoms with E-state index in [1.54, 1.807) is 0 Å². The maximum atomic E-state index is 11.5. The first-order valence-electron chi connectivity index (χ1n) is 7.29. The summed E-state index contributed by atoms with van der Waals surface area (Å²) < 4.78 is 0. The summed E-state index contributed by atoms with van der Waals surface area (Å²) in [6.45, 7) is 9.97. The van der Waals surface area contributed by atoms with E-state index in [1.807, 2.05) is 39.0 Å². The third-order valence-corrected chi connectivity index (χ3v) is 3.67. The van der Waals surface area contributed by atoms with Gasteiger partial charge in [-0.15, -0.1) is 0 Å². The largest absolute Gasteiger partial charge is 0.481 e. The first-order chi connectivity index (χ1) is 9.41. The molecule has 0 radical (unpaired) electrons. The molecule has 0 aromatic carbocycles. The van der Waals surface area contributed by atoms with Crippen LogP contribution in [0, 0.1) is 12.3 Å². The number of pyridine rings is 1. The monoisotopic (exact) mass is 278 g/mol. The average Bonchev–Trinajstić information content (AvgIpc) is 2.38. The van der Waals surface area contributed by atoms with Crippen LogP contribution in [-0.2, 0) is 11.3 Å². The summed E-state index contributed by atoms with van der Waals surface area (Å²) >= 11 is 0. The highest BCUT2D eigenvalue weighted by Crippen LogP contribution is 2.25. The molecule has 0 spiro atoms. The molecule has 4 nitrogen and oxygen atoms in total. The summed E-state index contributed by atoms with van der Waals surface area (Å²) in [5.74, 6) is -0.713. The number of aliphatic carboxylic acids is 1. The Morgan fingerprint density at radius 2 is 2.10 bits per heavy atom. The van der Waals surface area contributed by atoms with Gasteiger partial charge in [-0.1, -0.05) is 26.3 Å². The minimum atomic E-state index is -0.713. The van der Waals surface area contributed by atoms with E-state index in [-0.39, 0.29) is 0 Å². The Bertz CT molecular complexity index is 448. The molecule has 0 aliphatic rings. The molecule has 20 heavy (non-hydrogen) atoms. The number of carboxylic acids is 1. The third kappa shape index (κ3) is 4.60. The number of hydrogen-bond donors (Lipinski definition) is 1. The number of rotatable bonds is 8. The Kier molecular flexibility index (Phi) is 6.14. The minimum absolute atomic E-state index is 0.558. The zero-order valence-electron chi connectivity index (χ0n) is 13.0. The summed E-state index contributed by atoms with van der Waals surface area (Å²) in [7, 11) is 0. The van der Waals surface area contributed by atoms with Gasteiger partial charge in [-0.2, -0.15) is 0 Å². The van der Waals surface area contributed by atoms with Gasteiger partial charge in [-0.3, -0.25) is 14.7 Å². The fourth-order valence-corrected chi connectivity index (χ4v) is 2.50. The van der Waals surface area contributed by atoms with Crippen molar-refractivity contribution in [1.29, 1.82) is 0 Å². The molecule has 0 aliphatic heterocycles. The van der Waals surface area contributed by atoms with E-state index in [0.717, 1.165) is 24.4 Å². The lowest BCUT2D eigenvalue weighted by atomic mass is 9.85. The molecule has 0 aliphatic carbocycles. The molecule has 1 aromatic rings. The maximum absolute atomic E-state index is 11.5. The lowest BCUT2D eigenvalue weighted by Crippen LogP contribution is -2.41. The zero-order valence-corrected chi connectivity index (χ0v) is 13.0. The highest BCUT2D eigenvalue weighted by Gasteiger charge is 2.33. The first kappa shape index (κ1) is 16.6. The smallest absolute Gasteiger partial charge is 0.310 e. The van der Waals surface area contributed by atoms with E-state index in [2.05, 4.69) is 16.8 Å². The van der Waals surface area contributed by atoms with Gasteiger partial charge in [0.1, 0.15) is 0 Å².